The molecule has 0 saturated carbocycles. The summed E-state index contributed by atoms with van der Waals surface area (Å²) in [5.41, 5.74) is 6.16. The van der Waals surface area contributed by atoms with Crippen molar-refractivity contribution in [3.8, 4) is 5.75 Å². The van der Waals surface area contributed by atoms with Crippen LogP contribution in [0.2, 0.25) is 0 Å². The number of likely N-dealkylation sites (tertiary alicyclic amines) is 1. The Morgan fingerprint density at radius 2 is 1.48 bits per heavy atom. The van der Waals surface area contributed by atoms with Crippen LogP contribution in [-0.2, 0) is 35.7 Å². The molecular weight excluding hydrogens is 679 g/mol. The Labute approximate surface area is 318 Å². The van der Waals surface area contributed by atoms with Crippen LogP contribution in [0, 0.1) is 13.8 Å². The number of aryl methyl sites for hydroxylation is 2. The van der Waals surface area contributed by atoms with Gasteiger partial charge >= 0.3 is 12.1 Å². The largest absolute Gasteiger partial charge is 0.488 e. The molecule has 0 unspecified atom stereocenters. The Bertz CT molecular complexity index is 1890. The molecule has 1 N–H and O–H groups in total. The highest BCUT2D eigenvalue weighted by Gasteiger charge is 2.51. The Morgan fingerprint density at radius 3 is 2.19 bits per heavy atom. The van der Waals surface area contributed by atoms with Crippen molar-refractivity contribution in [3.63, 3.8) is 0 Å². The summed E-state index contributed by atoms with van der Waals surface area (Å²) >= 11 is 0. The number of aldehydes is 1. The standard InChI is InChI=1S/C44H51N5O5/c1-33-27-37(28-34(2)41(33)53-31-36-13-7-4-8-14-36)32-54-43(52)49-21-18-39(48-20-17-38-15-9-10-16-40(38)45-42(48)51)29-44(49,19-26-50)47-24-22-46(23-25-47)30-35-11-5-3-6-12-35/h3-16,26-28,39H,17-25,29-32H2,1-2H3,(H,45,51)/t39-,44+/m1/s1. The quantitative estimate of drug-likeness (QED) is 0.164. The van der Waals surface area contributed by atoms with E-state index in [9.17, 15) is 14.4 Å². The van der Waals surface area contributed by atoms with Crippen LogP contribution in [0.4, 0.5) is 15.3 Å². The van der Waals surface area contributed by atoms with Crippen molar-refractivity contribution >= 4 is 24.1 Å². The number of rotatable bonds is 11. The predicted molar refractivity (Wildman–Crippen MR) is 209 cm³/mol. The second-order valence-electron chi connectivity index (χ2n) is 14.8. The molecule has 0 spiro atoms. The second-order valence-corrected chi connectivity index (χ2v) is 14.8. The van der Waals surface area contributed by atoms with E-state index < -0.39 is 11.8 Å². The zero-order valence-electron chi connectivity index (χ0n) is 31.4. The van der Waals surface area contributed by atoms with Crippen molar-refractivity contribution in [2.75, 3.05) is 44.6 Å². The molecule has 4 aromatic rings. The number of para-hydroxylation sites is 1. The molecule has 3 aliphatic rings. The van der Waals surface area contributed by atoms with Gasteiger partial charge in [-0.2, -0.15) is 0 Å². The van der Waals surface area contributed by atoms with Crippen LogP contribution in [0.25, 0.3) is 0 Å². The summed E-state index contributed by atoms with van der Waals surface area (Å²) < 4.78 is 12.3. The van der Waals surface area contributed by atoms with Gasteiger partial charge in [-0.05, 0) is 78.3 Å². The number of benzene rings is 4. The van der Waals surface area contributed by atoms with Gasteiger partial charge in [0.25, 0.3) is 0 Å². The van der Waals surface area contributed by atoms with Crippen molar-refractivity contribution in [3.05, 3.63) is 130 Å². The minimum Gasteiger partial charge on any atom is -0.488 e. The molecule has 0 bridgehead atoms. The van der Waals surface area contributed by atoms with Gasteiger partial charge < -0.3 is 24.5 Å². The van der Waals surface area contributed by atoms with Gasteiger partial charge in [-0.25, -0.2) is 9.59 Å². The Hall–Kier alpha value is -5.19. The molecule has 282 valence electrons. The number of anilines is 1. The third-order valence-corrected chi connectivity index (χ3v) is 11.3. The molecule has 7 rings (SSSR count). The molecular formula is C44H51N5O5. The van der Waals surface area contributed by atoms with Gasteiger partial charge in [0.15, 0.2) is 0 Å². The summed E-state index contributed by atoms with van der Waals surface area (Å²) in [5, 5.41) is 3.12. The average Bonchev–Trinajstić information content (AvgIpc) is 3.35. The number of hydrogen-bond acceptors (Lipinski definition) is 7. The minimum atomic E-state index is -0.943. The Morgan fingerprint density at radius 1 is 0.815 bits per heavy atom. The van der Waals surface area contributed by atoms with Crippen molar-refractivity contribution < 1.29 is 23.9 Å². The zero-order valence-corrected chi connectivity index (χ0v) is 31.4. The first kappa shape index (κ1) is 37.1. The van der Waals surface area contributed by atoms with Gasteiger partial charge in [0, 0.05) is 70.4 Å². The topological polar surface area (TPSA) is 94.7 Å². The van der Waals surface area contributed by atoms with Crippen LogP contribution in [0.15, 0.2) is 97.1 Å². The fraction of sp³-hybridized carbons (Fsp3) is 0.386. The lowest BCUT2D eigenvalue weighted by atomic mass is 9.86. The fourth-order valence-corrected chi connectivity index (χ4v) is 8.56. The van der Waals surface area contributed by atoms with Gasteiger partial charge in [-0.1, -0.05) is 78.9 Å². The van der Waals surface area contributed by atoms with Crippen molar-refractivity contribution in [1.82, 2.24) is 19.6 Å². The molecule has 54 heavy (non-hydrogen) atoms. The van der Waals surface area contributed by atoms with E-state index in [0.717, 1.165) is 71.6 Å². The zero-order chi connectivity index (χ0) is 37.5. The lowest BCUT2D eigenvalue weighted by molar-refractivity contribution is -0.129. The van der Waals surface area contributed by atoms with Gasteiger partial charge in [-0.3, -0.25) is 14.7 Å². The first-order valence-corrected chi connectivity index (χ1v) is 19.1. The molecule has 2 saturated heterocycles. The molecule has 0 radical (unpaired) electrons. The summed E-state index contributed by atoms with van der Waals surface area (Å²) in [6.45, 7) is 9.28. The van der Waals surface area contributed by atoms with Crippen molar-refractivity contribution in [1.29, 1.82) is 0 Å². The minimum absolute atomic E-state index is 0.0915. The molecule has 0 aromatic heterocycles. The lowest BCUT2D eigenvalue weighted by Crippen LogP contribution is -2.70. The van der Waals surface area contributed by atoms with Gasteiger partial charge in [-0.15, -0.1) is 0 Å². The molecule has 0 aliphatic carbocycles. The third kappa shape index (κ3) is 8.30. The average molecular weight is 730 g/mol. The molecule has 4 aromatic carbocycles. The van der Waals surface area contributed by atoms with Gasteiger partial charge in [0.1, 0.15) is 30.9 Å². The molecule has 3 amide bonds. The Kier molecular flexibility index (Phi) is 11.6. The van der Waals surface area contributed by atoms with E-state index in [1.807, 2.05) is 85.5 Å². The molecule has 2 atom stereocenters. The predicted octanol–water partition coefficient (Wildman–Crippen LogP) is 7.18. The highest BCUT2D eigenvalue weighted by molar-refractivity contribution is 5.91. The van der Waals surface area contributed by atoms with Crippen LogP contribution >= 0.6 is 0 Å². The number of piperazine rings is 1. The van der Waals surface area contributed by atoms with E-state index in [-0.39, 0.29) is 25.1 Å². The molecule has 3 heterocycles. The third-order valence-electron chi connectivity index (χ3n) is 11.3. The number of piperidine rings is 1. The summed E-state index contributed by atoms with van der Waals surface area (Å²) in [6.07, 6.45) is 2.37. The molecule has 3 aliphatic heterocycles. The van der Waals surface area contributed by atoms with Gasteiger partial charge in [0.05, 0.1) is 0 Å². The van der Waals surface area contributed by atoms with Crippen molar-refractivity contribution in [2.45, 2.75) is 71.0 Å². The Balaban J connectivity index is 1.09. The first-order valence-electron chi connectivity index (χ1n) is 19.1. The maximum atomic E-state index is 14.3. The highest BCUT2D eigenvalue weighted by Crippen LogP contribution is 2.39. The maximum absolute atomic E-state index is 14.3. The van der Waals surface area contributed by atoms with Crippen molar-refractivity contribution in [2.24, 2.45) is 0 Å². The molecule has 10 nitrogen and oxygen atoms in total. The number of ether oxygens (including phenoxy) is 2. The summed E-state index contributed by atoms with van der Waals surface area (Å²) in [6, 6.07) is 32.1. The smallest absolute Gasteiger partial charge is 0.411 e. The van der Waals surface area contributed by atoms with E-state index in [2.05, 4.69) is 45.4 Å². The van der Waals surface area contributed by atoms with E-state index in [1.54, 1.807) is 4.90 Å². The van der Waals surface area contributed by atoms with Crippen LogP contribution in [0.1, 0.15) is 52.6 Å². The van der Waals surface area contributed by atoms with E-state index in [1.165, 1.54) is 5.56 Å². The number of nitrogens with one attached hydrogen (secondary N) is 1. The number of hydrogen-bond donors (Lipinski definition) is 1. The summed E-state index contributed by atoms with van der Waals surface area (Å²) in [5.74, 6) is 0.827. The van der Waals surface area contributed by atoms with Crippen LogP contribution in [0.5, 0.6) is 5.75 Å². The lowest BCUT2D eigenvalue weighted by Gasteiger charge is -2.56. The van der Waals surface area contributed by atoms with Crippen LogP contribution < -0.4 is 10.1 Å². The highest BCUT2D eigenvalue weighted by atomic mass is 16.6. The summed E-state index contributed by atoms with van der Waals surface area (Å²) in [4.78, 5) is 49.1. The first-order chi connectivity index (χ1) is 26.3. The van der Waals surface area contributed by atoms with Crippen LogP contribution in [0.3, 0.4) is 0 Å². The second kappa shape index (κ2) is 16.9. The van der Waals surface area contributed by atoms with E-state index in [0.29, 0.717) is 45.6 Å². The number of nitrogens with zero attached hydrogens (tertiary/aromatic N) is 4. The number of urea groups is 1. The number of carbonyl (C=O) groups is 3. The number of carbonyl (C=O) groups excluding carboxylic acids is 3. The fourth-order valence-electron chi connectivity index (χ4n) is 8.56. The van der Waals surface area contributed by atoms with Crippen LogP contribution in [-0.4, -0.2) is 89.0 Å². The molecule has 10 heteroatoms. The maximum Gasteiger partial charge on any atom is 0.411 e. The normalized spacial score (nSPS) is 20.8. The molecule has 2 fully saturated rings. The monoisotopic (exact) mass is 729 g/mol. The van der Waals surface area contributed by atoms with E-state index >= 15 is 0 Å². The number of amides is 3. The number of fused-ring (bicyclic) bond motifs is 1. The summed E-state index contributed by atoms with van der Waals surface area (Å²) in [7, 11) is 0. The van der Waals surface area contributed by atoms with Gasteiger partial charge in [0.2, 0.25) is 0 Å². The SMILES string of the molecule is Cc1cc(COC(=O)N2CC[C@@H](N3CCc4ccccc4NC3=O)C[C@@]2(CC=O)N2CCN(Cc3ccccc3)CC2)cc(C)c1OCc1ccccc1. The van der Waals surface area contributed by atoms with E-state index in [4.69, 9.17) is 9.47 Å².